The Hall–Kier alpha value is -2.73. The summed E-state index contributed by atoms with van der Waals surface area (Å²) in [5.41, 5.74) is 11.5. The van der Waals surface area contributed by atoms with Crippen molar-refractivity contribution >= 4 is 23.0 Å². The van der Waals surface area contributed by atoms with Gasteiger partial charge in [0, 0.05) is 55.7 Å². The van der Waals surface area contributed by atoms with E-state index in [1.165, 1.54) is 16.8 Å². The van der Waals surface area contributed by atoms with Crippen molar-refractivity contribution in [1.29, 1.82) is 0 Å². The van der Waals surface area contributed by atoms with E-state index in [0.29, 0.717) is 13.0 Å². The second-order valence-corrected chi connectivity index (χ2v) is 8.24. The number of ether oxygens (including phenoxy) is 1. The van der Waals surface area contributed by atoms with Gasteiger partial charge in [-0.1, -0.05) is 12.1 Å². The fraction of sp³-hybridized carbons (Fsp3) is 0.458. The number of nitrogen functional groups attached to an aromatic ring is 1. The topological polar surface area (TPSA) is 70.8 Å². The molecule has 2 aromatic rings. The number of nitrogens with one attached hydrogen (secondary N) is 1. The largest absolute Gasteiger partial charge is 0.494 e. The summed E-state index contributed by atoms with van der Waals surface area (Å²) in [6.45, 7) is 8.17. The average molecular weight is 409 g/mol. The van der Waals surface area contributed by atoms with E-state index in [1.807, 2.05) is 24.3 Å². The lowest BCUT2D eigenvalue weighted by Gasteiger charge is -2.37. The minimum Gasteiger partial charge on any atom is -0.494 e. The third-order valence-electron chi connectivity index (χ3n) is 6.17. The van der Waals surface area contributed by atoms with Crippen molar-refractivity contribution in [1.82, 2.24) is 4.90 Å². The normalized spacial score (nSPS) is 16.8. The molecule has 2 aromatic carbocycles. The van der Waals surface area contributed by atoms with E-state index in [-0.39, 0.29) is 5.91 Å². The number of fused-ring (bicyclic) bond motifs is 1. The molecule has 30 heavy (non-hydrogen) atoms. The van der Waals surface area contributed by atoms with Crippen molar-refractivity contribution in [2.45, 2.75) is 32.6 Å². The standard InChI is InChI=1S/C24H32N4O2/c1-18-21(25)5-4-6-23(18)28-14-12-27(13-15-28)11-2-3-16-30-20-9-7-19-8-10-24(29)26-22(19)17-20/h4-7,9,17H,2-3,8,10-16,25H2,1H3,(H,26,29). The molecule has 6 heteroatoms. The molecule has 0 radical (unpaired) electrons. The molecule has 2 heterocycles. The summed E-state index contributed by atoms with van der Waals surface area (Å²) >= 11 is 0. The van der Waals surface area contributed by atoms with Crippen LogP contribution in [-0.2, 0) is 11.2 Å². The van der Waals surface area contributed by atoms with E-state index in [2.05, 4.69) is 34.2 Å². The van der Waals surface area contributed by atoms with Gasteiger partial charge in [0.05, 0.1) is 6.61 Å². The first kappa shape index (κ1) is 20.5. The Balaban J connectivity index is 1.15. The number of nitrogens with zero attached hydrogens (tertiary/aromatic N) is 2. The van der Waals surface area contributed by atoms with Gasteiger partial charge >= 0.3 is 0 Å². The number of hydrogen-bond donors (Lipinski definition) is 2. The molecule has 160 valence electrons. The molecule has 4 rings (SSSR count). The summed E-state index contributed by atoms with van der Waals surface area (Å²) in [6.07, 6.45) is 3.53. The summed E-state index contributed by atoms with van der Waals surface area (Å²) in [5, 5.41) is 2.93. The summed E-state index contributed by atoms with van der Waals surface area (Å²) in [5.74, 6) is 0.924. The van der Waals surface area contributed by atoms with Crippen molar-refractivity contribution in [2.24, 2.45) is 0 Å². The predicted octanol–water partition coefficient (Wildman–Crippen LogP) is 3.44. The van der Waals surface area contributed by atoms with Crippen LogP contribution < -0.4 is 20.7 Å². The predicted molar refractivity (Wildman–Crippen MR) is 122 cm³/mol. The highest BCUT2D eigenvalue weighted by Crippen LogP contribution is 2.27. The molecule has 3 N–H and O–H groups in total. The smallest absolute Gasteiger partial charge is 0.224 e. The van der Waals surface area contributed by atoms with Crippen LogP contribution in [0.3, 0.4) is 0 Å². The van der Waals surface area contributed by atoms with E-state index in [9.17, 15) is 4.79 Å². The fourth-order valence-corrected chi connectivity index (χ4v) is 4.26. The first-order chi connectivity index (χ1) is 14.6. The zero-order chi connectivity index (χ0) is 20.9. The van der Waals surface area contributed by atoms with E-state index in [1.54, 1.807) is 0 Å². The van der Waals surface area contributed by atoms with Crippen LogP contribution in [0, 0.1) is 6.92 Å². The Bertz CT molecular complexity index is 891. The number of hydrogen-bond acceptors (Lipinski definition) is 5. The molecule has 6 nitrogen and oxygen atoms in total. The minimum atomic E-state index is 0.0886. The molecule has 2 aliphatic rings. The molecule has 0 atom stereocenters. The van der Waals surface area contributed by atoms with E-state index in [0.717, 1.165) is 69.1 Å². The minimum absolute atomic E-state index is 0.0886. The molecule has 1 amide bonds. The second-order valence-electron chi connectivity index (χ2n) is 8.24. The van der Waals surface area contributed by atoms with Crippen molar-refractivity contribution in [2.75, 3.05) is 55.3 Å². The van der Waals surface area contributed by atoms with Crippen LogP contribution in [0.1, 0.15) is 30.4 Å². The maximum Gasteiger partial charge on any atom is 0.224 e. The molecule has 0 saturated carbocycles. The second kappa shape index (κ2) is 9.39. The lowest BCUT2D eigenvalue weighted by Crippen LogP contribution is -2.46. The van der Waals surface area contributed by atoms with Gasteiger partial charge in [-0.15, -0.1) is 0 Å². The number of carbonyl (C=O) groups excluding carboxylic acids is 1. The van der Waals surface area contributed by atoms with Gasteiger partial charge < -0.3 is 20.7 Å². The lowest BCUT2D eigenvalue weighted by molar-refractivity contribution is -0.116. The number of anilines is 3. The molecule has 0 spiro atoms. The average Bonchev–Trinajstić information content (AvgIpc) is 2.76. The maximum absolute atomic E-state index is 11.6. The first-order valence-corrected chi connectivity index (χ1v) is 11.0. The molecular formula is C24H32N4O2. The van der Waals surface area contributed by atoms with Crippen LogP contribution in [0.2, 0.25) is 0 Å². The zero-order valence-electron chi connectivity index (χ0n) is 17.8. The number of rotatable bonds is 7. The van der Waals surface area contributed by atoms with E-state index in [4.69, 9.17) is 10.5 Å². The quantitative estimate of drug-likeness (QED) is 0.542. The van der Waals surface area contributed by atoms with Crippen LogP contribution in [0.4, 0.5) is 17.1 Å². The number of unbranched alkanes of at least 4 members (excludes halogenated alkanes) is 1. The zero-order valence-corrected chi connectivity index (χ0v) is 17.8. The molecule has 1 saturated heterocycles. The molecule has 2 aliphatic heterocycles. The molecular weight excluding hydrogens is 376 g/mol. The highest BCUT2D eigenvalue weighted by molar-refractivity contribution is 5.94. The summed E-state index contributed by atoms with van der Waals surface area (Å²) < 4.78 is 5.91. The lowest BCUT2D eigenvalue weighted by atomic mass is 10.0. The Morgan fingerprint density at radius 2 is 1.90 bits per heavy atom. The summed E-state index contributed by atoms with van der Waals surface area (Å²) in [4.78, 5) is 16.5. The van der Waals surface area contributed by atoms with Crippen LogP contribution in [0.15, 0.2) is 36.4 Å². The number of carbonyl (C=O) groups is 1. The number of nitrogens with two attached hydrogens (primary N) is 1. The van der Waals surface area contributed by atoms with Gasteiger partial charge in [0.2, 0.25) is 5.91 Å². The number of amides is 1. The molecule has 0 unspecified atom stereocenters. The number of benzene rings is 2. The van der Waals surface area contributed by atoms with Gasteiger partial charge in [0.1, 0.15) is 5.75 Å². The summed E-state index contributed by atoms with van der Waals surface area (Å²) in [7, 11) is 0. The highest BCUT2D eigenvalue weighted by atomic mass is 16.5. The van der Waals surface area contributed by atoms with Crippen LogP contribution >= 0.6 is 0 Å². The highest BCUT2D eigenvalue weighted by Gasteiger charge is 2.19. The monoisotopic (exact) mass is 408 g/mol. The van der Waals surface area contributed by atoms with E-state index < -0.39 is 0 Å². The SMILES string of the molecule is Cc1c(N)cccc1N1CCN(CCCCOc2ccc3c(c2)NC(=O)CC3)CC1. The van der Waals surface area contributed by atoms with Gasteiger partial charge in [-0.2, -0.15) is 0 Å². The third-order valence-corrected chi connectivity index (χ3v) is 6.17. The fourth-order valence-electron chi connectivity index (χ4n) is 4.26. The van der Waals surface area contributed by atoms with E-state index >= 15 is 0 Å². The van der Waals surface area contributed by atoms with Gasteiger partial charge in [0.15, 0.2) is 0 Å². The van der Waals surface area contributed by atoms with Crippen molar-refractivity contribution in [3.05, 3.63) is 47.5 Å². The van der Waals surface area contributed by atoms with Crippen molar-refractivity contribution < 1.29 is 9.53 Å². The Morgan fingerprint density at radius 1 is 1.07 bits per heavy atom. The van der Waals surface area contributed by atoms with Crippen molar-refractivity contribution in [3.8, 4) is 5.75 Å². The summed E-state index contributed by atoms with van der Waals surface area (Å²) in [6, 6.07) is 12.2. The Kier molecular flexibility index (Phi) is 6.43. The maximum atomic E-state index is 11.6. The number of piperazine rings is 1. The molecule has 0 bridgehead atoms. The van der Waals surface area contributed by atoms with Gasteiger partial charge in [-0.05, 0) is 62.1 Å². The molecule has 0 aliphatic carbocycles. The van der Waals surface area contributed by atoms with Gasteiger partial charge in [-0.3, -0.25) is 9.69 Å². The van der Waals surface area contributed by atoms with Crippen molar-refractivity contribution in [3.63, 3.8) is 0 Å². The van der Waals surface area contributed by atoms with Gasteiger partial charge in [-0.25, -0.2) is 0 Å². The Morgan fingerprint density at radius 3 is 2.73 bits per heavy atom. The van der Waals surface area contributed by atoms with Crippen LogP contribution in [0.5, 0.6) is 5.75 Å². The van der Waals surface area contributed by atoms with Gasteiger partial charge in [0.25, 0.3) is 0 Å². The first-order valence-electron chi connectivity index (χ1n) is 11.0. The Labute approximate surface area is 179 Å². The van der Waals surface area contributed by atoms with Crippen LogP contribution in [0.25, 0.3) is 0 Å². The number of aryl methyl sites for hydroxylation is 1. The van der Waals surface area contributed by atoms with Crippen LogP contribution in [-0.4, -0.2) is 50.1 Å². The molecule has 0 aromatic heterocycles. The third kappa shape index (κ3) is 4.87. The molecule has 1 fully saturated rings.